The molecule has 2 aliphatic carbocycles. The highest BCUT2D eigenvalue weighted by Gasteiger charge is 2.47. The largest absolute Gasteiger partial charge is 0.0622 e. The Morgan fingerprint density at radius 1 is 0.923 bits per heavy atom. The molecular formula is C13H24. The molecule has 1 spiro atoms. The van der Waals surface area contributed by atoms with Crippen LogP contribution in [0.3, 0.4) is 0 Å². The average Bonchev–Trinajstić information content (AvgIpc) is 2.59. The maximum absolute atomic E-state index is 2.52. The third-order valence-electron chi connectivity index (χ3n) is 5.33. The lowest BCUT2D eigenvalue weighted by atomic mass is 9.57. The molecule has 0 N–H and O–H groups in total. The lowest BCUT2D eigenvalue weighted by molar-refractivity contribution is 0.0117. The van der Waals surface area contributed by atoms with Gasteiger partial charge in [-0.1, -0.05) is 40.0 Å². The highest BCUT2D eigenvalue weighted by Crippen LogP contribution is 2.56. The Labute approximate surface area is 83.1 Å². The van der Waals surface area contributed by atoms with E-state index in [4.69, 9.17) is 0 Å². The van der Waals surface area contributed by atoms with Crippen LogP contribution in [0.5, 0.6) is 0 Å². The molecule has 0 saturated heterocycles. The van der Waals surface area contributed by atoms with Gasteiger partial charge >= 0.3 is 0 Å². The molecule has 0 heteroatoms. The SMILES string of the molecule is CC1CCC(C)C2(CCCC2)C1C. The minimum Gasteiger partial charge on any atom is -0.0622 e. The zero-order valence-corrected chi connectivity index (χ0v) is 9.47. The Morgan fingerprint density at radius 2 is 1.54 bits per heavy atom. The maximum atomic E-state index is 2.52. The van der Waals surface area contributed by atoms with Crippen LogP contribution in [0.1, 0.15) is 59.3 Å². The van der Waals surface area contributed by atoms with Crippen molar-refractivity contribution in [1.82, 2.24) is 0 Å². The fraction of sp³-hybridized carbons (Fsp3) is 1.00. The van der Waals surface area contributed by atoms with Gasteiger partial charge in [0.15, 0.2) is 0 Å². The van der Waals surface area contributed by atoms with E-state index in [9.17, 15) is 0 Å². The van der Waals surface area contributed by atoms with Crippen molar-refractivity contribution in [3.8, 4) is 0 Å². The average molecular weight is 180 g/mol. The predicted molar refractivity (Wildman–Crippen MR) is 57.6 cm³/mol. The molecule has 0 amide bonds. The van der Waals surface area contributed by atoms with E-state index in [-0.39, 0.29) is 0 Å². The van der Waals surface area contributed by atoms with Crippen LogP contribution in [0.2, 0.25) is 0 Å². The van der Waals surface area contributed by atoms with Gasteiger partial charge in [0.05, 0.1) is 0 Å². The highest BCUT2D eigenvalue weighted by molar-refractivity contribution is 4.97. The minimum absolute atomic E-state index is 0.762. The van der Waals surface area contributed by atoms with Crippen LogP contribution in [-0.2, 0) is 0 Å². The van der Waals surface area contributed by atoms with Gasteiger partial charge in [0.1, 0.15) is 0 Å². The zero-order chi connectivity index (χ0) is 9.47. The molecule has 2 saturated carbocycles. The van der Waals surface area contributed by atoms with E-state index in [2.05, 4.69) is 20.8 Å². The van der Waals surface area contributed by atoms with E-state index in [0.717, 1.165) is 23.2 Å². The van der Waals surface area contributed by atoms with Gasteiger partial charge in [0.25, 0.3) is 0 Å². The van der Waals surface area contributed by atoms with Crippen LogP contribution in [0.25, 0.3) is 0 Å². The second kappa shape index (κ2) is 3.29. The van der Waals surface area contributed by atoms with E-state index in [1.165, 1.54) is 38.5 Å². The topological polar surface area (TPSA) is 0 Å². The molecule has 0 aliphatic heterocycles. The van der Waals surface area contributed by atoms with Crippen molar-refractivity contribution < 1.29 is 0 Å². The summed E-state index contributed by atoms with van der Waals surface area (Å²) in [5, 5.41) is 0. The summed E-state index contributed by atoms with van der Waals surface area (Å²) in [6.45, 7) is 7.50. The second-order valence-electron chi connectivity index (χ2n) is 5.68. The summed E-state index contributed by atoms with van der Waals surface area (Å²) < 4.78 is 0. The van der Waals surface area contributed by atoms with E-state index in [1.54, 1.807) is 0 Å². The van der Waals surface area contributed by atoms with Crippen molar-refractivity contribution in [2.45, 2.75) is 59.3 Å². The first-order valence-electron chi connectivity index (χ1n) is 6.17. The van der Waals surface area contributed by atoms with Crippen LogP contribution in [-0.4, -0.2) is 0 Å². The number of hydrogen-bond donors (Lipinski definition) is 0. The first kappa shape index (κ1) is 9.55. The van der Waals surface area contributed by atoms with Crippen molar-refractivity contribution in [3.05, 3.63) is 0 Å². The smallest absolute Gasteiger partial charge is 0.0244 e. The van der Waals surface area contributed by atoms with E-state index < -0.39 is 0 Å². The van der Waals surface area contributed by atoms with Crippen molar-refractivity contribution in [1.29, 1.82) is 0 Å². The summed E-state index contributed by atoms with van der Waals surface area (Å²) >= 11 is 0. The Balaban J connectivity index is 2.20. The molecule has 2 fully saturated rings. The molecule has 76 valence electrons. The predicted octanol–water partition coefficient (Wildman–Crippen LogP) is 4.25. The molecular weight excluding hydrogens is 156 g/mol. The van der Waals surface area contributed by atoms with Gasteiger partial charge in [-0.2, -0.15) is 0 Å². The van der Waals surface area contributed by atoms with Gasteiger partial charge < -0.3 is 0 Å². The third kappa shape index (κ3) is 1.33. The molecule has 0 aromatic carbocycles. The van der Waals surface area contributed by atoms with E-state index in [0.29, 0.717) is 0 Å². The summed E-state index contributed by atoms with van der Waals surface area (Å²) in [5.41, 5.74) is 0.762. The monoisotopic (exact) mass is 180 g/mol. The van der Waals surface area contributed by atoms with Crippen LogP contribution in [0.4, 0.5) is 0 Å². The fourth-order valence-electron chi connectivity index (χ4n) is 4.05. The summed E-state index contributed by atoms with van der Waals surface area (Å²) in [5.74, 6) is 2.97. The molecule has 0 aromatic rings. The van der Waals surface area contributed by atoms with Gasteiger partial charge in [-0.25, -0.2) is 0 Å². The van der Waals surface area contributed by atoms with Gasteiger partial charge in [-0.15, -0.1) is 0 Å². The van der Waals surface area contributed by atoms with Crippen molar-refractivity contribution in [3.63, 3.8) is 0 Å². The van der Waals surface area contributed by atoms with Crippen LogP contribution in [0, 0.1) is 23.2 Å². The zero-order valence-electron chi connectivity index (χ0n) is 9.47. The third-order valence-corrected chi connectivity index (χ3v) is 5.33. The second-order valence-corrected chi connectivity index (χ2v) is 5.68. The van der Waals surface area contributed by atoms with Crippen LogP contribution in [0.15, 0.2) is 0 Å². The van der Waals surface area contributed by atoms with Crippen LogP contribution >= 0.6 is 0 Å². The molecule has 3 unspecified atom stereocenters. The Kier molecular flexibility index (Phi) is 2.42. The molecule has 0 aromatic heterocycles. The molecule has 0 nitrogen and oxygen atoms in total. The Morgan fingerprint density at radius 3 is 2.15 bits per heavy atom. The Hall–Kier alpha value is 0. The molecule has 0 bridgehead atoms. The van der Waals surface area contributed by atoms with Crippen molar-refractivity contribution in [2.75, 3.05) is 0 Å². The van der Waals surface area contributed by atoms with Gasteiger partial charge in [0.2, 0.25) is 0 Å². The molecule has 2 rings (SSSR count). The molecule has 2 aliphatic rings. The normalized spacial score (nSPS) is 44.1. The summed E-state index contributed by atoms with van der Waals surface area (Å²) in [4.78, 5) is 0. The first-order valence-corrected chi connectivity index (χ1v) is 6.17. The summed E-state index contributed by atoms with van der Waals surface area (Å²) in [6.07, 6.45) is 9.03. The fourth-order valence-corrected chi connectivity index (χ4v) is 4.05. The Bertz CT molecular complexity index is 176. The van der Waals surface area contributed by atoms with E-state index >= 15 is 0 Å². The van der Waals surface area contributed by atoms with E-state index in [1.807, 2.05) is 0 Å². The molecule has 13 heavy (non-hydrogen) atoms. The first-order chi connectivity index (χ1) is 6.17. The van der Waals surface area contributed by atoms with Crippen molar-refractivity contribution in [2.24, 2.45) is 23.2 Å². The maximum Gasteiger partial charge on any atom is -0.0244 e. The molecule has 0 radical (unpaired) electrons. The number of rotatable bonds is 0. The summed E-state index contributed by atoms with van der Waals surface area (Å²) in [6, 6.07) is 0. The van der Waals surface area contributed by atoms with Crippen molar-refractivity contribution >= 4 is 0 Å². The standard InChI is InChI=1S/C13H24/c1-10-6-7-11(2)13(12(10)3)8-4-5-9-13/h10-12H,4-9H2,1-3H3. The summed E-state index contributed by atoms with van der Waals surface area (Å²) in [7, 11) is 0. The molecule has 0 heterocycles. The molecule has 3 atom stereocenters. The lowest BCUT2D eigenvalue weighted by Crippen LogP contribution is -2.40. The van der Waals surface area contributed by atoms with Gasteiger partial charge in [-0.05, 0) is 42.4 Å². The lowest BCUT2D eigenvalue weighted by Gasteiger charge is -2.48. The quantitative estimate of drug-likeness (QED) is 0.523. The van der Waals surface area contributed by atoms with Crippen LogP contribution < -0.4 is 0 Å². The highest BCUT2D eigenvalue weighted by atomic mass is 14.5. The van der Waals surface area contributed by atoms with Gasteiger partial charge in [-0.3, -0.25) is 0 Å². The number of hydrogen-bond acceptors (Lipinski definition) is 0. The van der Waals surface area contributed by atoms with Gasteiger partial charge in [0, 0.05) is 0 Å². The minimum atomic E-state index is 0.762.